The van der Waals surface area contributed by atoms with Crippen molar-refractivity contribution in [3.05, 3.63) is 0 Å². The van der Waals surface area contributed by atoms with E-state index in [9.17, 15) is 4.79 Å². The van der Waals surface area contributed by atoms with E-state index in [0.717, 1.165) is 0 Å². The zero-order valence-electron chi connectivity index (χ0n) is 9.91. The minimum Gasteiger partial charge on any atom is -0.393 e. The first-order valence-electron chi connectivity index (χ1n) is 5.18. The second kappa shape index (κ2) is 6.74. The van der Waals surface area contributed by atoms with Crippen LogP contribution in [0.3, 0.4) is 0 Å². The topological polar surface area (TPSA) is 58.4 Å². The van der Waals surface area contributed by atoms with Crippen molar-refractivity contribution in [2.75, 3.05) is 13.6 Å². The fraction of sp³-hybridized carbons (Fsp3) is 0.800. The highest BCUT2D eigenvalue weighted by molar-refractivity contribution is 7.80. The van der Waals surface area contributed by atoms with Crippen molar-refractivity contribution >= 4 is 23.1 Å². The van der Waals surface area contributed by atoms with Crippen molar-refractivity contribution in [3.63, 3.8) is 0 Å². The predicted molar refractivity (Wildman–Crippen MR) is 66.8 cm³/mol. The number of carbonyl (C=O) groups is 1. The molecule has 0 bridgehead atoms. The summed E-state index contributed by atoms with van der Waals surface area (Å²) in [6.07, 6.45) is 0.635. The van der Waals surface area contributed by atoms with Gasteiger partial charge in [0.05, 0.1) is 11.0 Å². The summed E-state index contributed by atoms with van der Waals surface area (Å²) >= 11 is 4.85. The van der Waals surface area contributed by atoms with E-state index >= 15 is 0 Å². The lowest BCUT2D eigenvalue weighted by atomic mass is 10.1. The first kappa shape index (κ1) is 14.3. The van der Waals surface area contributed by atoms with Crippen LogP contribution in [-0.4, -0.2) is 41.5 Å². The molecule has 0 radical (unpaired) electrons. The van der Waals surface area contributed by atoms with Crippen LogP contribution in [-0.2, 0) is 4.79 Å². The van der Waals surface area contributed by atoms with Crippen molar-refractivity contribution in [2.45, 2.75) is 39.3 Å². The Labute approximate surface area is 97.2 Å². The van der Waals surface area contributed by atoms with E-state index < -0.39 is 0 Å². The minimum absolute atomic E-state index is 0.0368. The summed E-state index contributed by atoms with van der Waals surface area (Å²) in [5.41, 5.74) is 5.47. The number of likely N-dealkylation sites (N-methyl/N-ethyl adjacent to an activating group) is 2. The van der Waals surface area contributed by atoms with Crippen LogP contribution in [0.4, 0.5) is 0 Å². The zero-order chi connectivity index (χ0) is 12.0. The first-order valence-corrected chi connectivity index (χ1v) is 5.58. The van der Waals surface area contributed by atoms with Crippen LogP contribution in [0.15, 0.2) is 0 Å². The highest BCUT2D eigenvalue weighted by Gasteiger charge is 2.21. The smallest absolute Gasteiger partial charge is 0.237 e. The van der Waals surface area contributed by atoms with E-state index in [1.807, 2.05) is 32.7 Å². The van der Waals surface area contributed by atoms with E-state index in [4.69, 9.17) is 18.0 Å². The van der Waals surface area contributed by atoms with Gasteiger partial charge >= 0.3 is 0 Å². The Morgan fingerprint density at radius 2 is 2.07 bits per heavy atom. The van der Waals surface area contributed by atoms with E-state index in [2.05, 4.69) is 5.32 Å². The van der Waals surface area contributed by atoms with Gasteiger partial charge < -0.3 is 11.1 Å². The summed E-state index contributed by atoms with van der Waals surface area (Å²) in [6.45, 7) is 6.44. The molecule has 0 aromatic heterocycles. The molecule has 88 valence electrons. The molecule has 0 aromatic rings. The van der Waals surface area contributed by atoms with Crippen LogP contribution in [0.2, 0.25) is 0 Å². The van der Waals surface area contributed by atoms with Gasteiger partial charge in [-0.1, -0.05) is 12.2 Å². The lowest BCUT2D eigenvalue weighted by Gasteiger charge is -2.29. The largest absolute Gasteiger partial charge is 0.393 e. The van der Waals surface area contributed by atoms with Crippen LogP contribution in [0, 0.1) is 0 Å². The summed E-state index contributed by atoms with van der Waals surface area (Å²) < 4.78 is 0. The van der Waals surface area contributed by atoms with Crippen LogP contribution >= 0.6 is 12.2 Å². The number of nitrogens with zero attached hydrogens (tertiary/aromatic N) is 1. The number of thiocarbonyl (C=S) groups is 1. The van der Waals surface area contributed by atoms with Crippen LogP contribution < -0.4 is 11.1 Å². The molecule has 2 unspecified atom stereocenters. The standard InChI is InChI=1S/C10H21N3OS/c1-5-12-10(14)8(3)13(4)7(2)6-9(11)15/h7-8H,5-6H2,1-4H3,(H2,11,15)(H,12,14). The van der Waals surface area contributed by atoms with E-state index in [-0.39, 0.29) is 18.0 Å². The third-order valence-corrected chi connectivity index (χ3v) is 2.70. The van der Waals surface area contributed by atoms with Gasteiger partial charge in [0.15, 0.2) is 0 Å². The van der Waals surface area contributed by atoms with Crippen molar-refractivity contribution in [2.24, 2.45) is 5.73 Å². The van der Waals surface area contributed by atoms with Crippen LogP contribution in [0.1, 0.15) is 27.2 Å². The third kappa shape index (κ3) is 5.09. The van der Waals surface area contributed by atoms with Gasteiger partial charge in [0, 0.05) is 19.0 Å². The van der Waals surface area contributed by atoms with Crippen molar-refractivity contribution in [1.29, 1.82) is 0 Å². The number of nitrogens with two attached hydrogens (primary N) is 1. The highest BCUT2D eigenvalue weighted by atomic mass is 32.1. The summed E-state index contributed by atoms with van der Waals surface area (Å²) in [4.78, 5) is 14.0. The molecular weight excluding hydrogens is 210 g/mol. The summed E-state index contributed by atoms with van der Waals surface area (Å²) in [5.74, 6) is 0.0368. The average molecular weight is 231 g/mol. The molecule has 0 aliphatic carbocycles. The predicted octanol–water partition coefficient (Wildman–Crippen LogP) is 0.508. The molecule has 0 saturated heterocycles. The van der Waals surface area contributed by atoms with Crippen molar-refractivity contribution in [1.82, 2.24) is 10.2 Å². The van der Waals surface area contributed by atoms with Gasteiger partial charge in [-0.05, 0) is 27.8 Å². The third-order valence-electron chi connectivity index (χ3n) is 2.53. The van der Waals surface area contributed by atoms with Gasteiger partial charge in [-0.15, -0.1) is 0 Å². The van der Waals surface area contributed by atoms with Gasteiger partial charge in [0.1, 0.15) is 0 Å². The van der Waals surface area contributed by atoms with Crippen molar-refractivity contribution in [3.8, 4) is 0 Å². The molecule has 0 heterocycles. The average Bonchev–Trinajstić information content (AvgIpc) is 2.14. The van der Waals surface area contributed by atoms with E-state index in [1.165, 1.54) is 0 Å². The summed E-state index contributed by atoms with van der Waals surface area (Å²) in [5, 5.41) is 2.79. The van der Waals surface area contributed by atoms with Crippen LogP contribution in [0.5, 0.6) is 0 Å². The van der Waals surface area contributed by atoms with Gasteiger partial charge in [-0.2, -0.15) is 0 Å². The lowest BCUT2D eigenvalue weighted by Crippen LogP contribution is -2.47. The Morgan fingerprint density at radius 1 is 1.53 bits per heavy atom. The quantitative estimate of drug-likeness (QED) is 0.654. The Balaban J connectivity index is 4.23. The van der Waals surface area contributed by atoms with E-state index in [1.54, 1.807) is 0 Å². The maximum Gasteiger partial charge on any atom is 0.237 e. The molecule has 3 N–H and O–H groups in total. The number of rotatable bonds is 6. The van der Waals surface area contributed by atoms with Gasteiger partial charge in [0.25, 0.3) is 0 Å². The zero-order valence-corrected chi connectivity index (χ0v) is 10.7. The Bertz CT molecular complexity index is 233. The molecule has 0 aliphatic rings. The molecule has 0 fully saturated rings. The maximum absolute atomic E-state index is 11.6. The van der Waals surface area contributed by atoms with Gasteiger partial charge in [-0.25, -0.2) is 0 Å². The normalized spacial score (nSPS) is 14.7. The number of hydrogen-bond donors (Lipinski definition) is 2. The number of hydrogen-bond acceptors (Lipinski definition) is 3. The van der Waals surface area contributed by atoms with Gasteiger partial charge in [0.2, 0.25) is 5.91 Å². The molecule has 1 amide bonds. The summed E-state index contributed by atoms with van der Waals surface area (Å²) in [7, 11) is 1.91. The Kier molecular flexibility index (Phi) is 6.43. The van der Waals surface area contributed by atoms with Crippen molar-refractivity contribution < 1.29 is 4.79 Å². The number of amides is 1. The van der Waals surface area contributed by atoms with Crippen LogP contribution in [0.25, 0.3) is 0 Å². The SMILES string of the molecule is CCNC(=O)C(C)N(C)C(C)CC(N)=S. The fourth-order valence-corrected chi connectivity index (χ4v) is 1.56. The molecule has 15 heavy (non-hydrogen) atoms. The molecule has 0 aliphatic heterocycles. The van der Waals surface area contributed by atoms with Gasteiger partial charge in [-0.3, -0.25) is 9.69 Å². The Hall–Kier alpha value is -0.680. The second-order valence-corrected chi connectivity index (χ2v) is 4.28. The molecule has 0 rings (SSSR count). The maximum atomic E-state index is 11.6. The first-order chi connectivity index (χ1) is 6.90. The molecule has 0 saturated carbocycles. The molecule has 5 heteroatoms. The molecular formula is C10H21N3OS. The lowest BCUT2D eigenvalue weighted by molar-refractivity contribution is -0.125. The fourth-order valence-electron chi connectivity index (χ4n) is 1.32. The molecule has 4 nitrogen and oxygen atoms in total. The minimum atomic E-state index is -0.158. The molecule has 0 spiro atoms. The molecule has 0 aromatic carbocycles. The number of carbonyl (C=O) groups excluding carboxylic acids is 1. The molecule has 2 atom stereocenters. The summed E-state index contributed by atoms with van der Waals surface area (Å²) in [6, 6.07) is 0.0226. The Morgan fingerprint density at radius 3 is 2.47 bits per heavy atom. The second-order valence-electron chi connectivity index (χ2n) is 3.76. The number of nitrogens with one attached hydrogen (secondary N) is 1. The van der Waals surface area contributed by atoms with E-state index in [0.29, 0.717) is 18.0 Å². The monoisotopic (exact) mass is 231 g/mol. The highest BCUT2D eigenvalue weighted by Crippen LogP contribution is 2.06.